The third-order valence-electron chi connectivity index (χ3n) is 6.01. The number of benzene rings is 1. The number of rotatable bonds is 9. The molecule has 3 rings (SSSR count). The SMILES string of the molecule is CCC(CC)C(CNC(=O)CN1C(=O)COc2ccc([N+](=O)[O-])cc21)N1CCOCC1. The minimum Gasteiger partial charge on any atom is -0.482 e. The highest BCUT2D eigenvalue weighted by Gasteiger charge is 2.31. The number of amides is 2. The smallest absolute Gasteiger partial charge is 0.271 e. The molecule has 31 heavy (non-hydrogen) atoms. The molecule has 0 saturated carbocycles. The fraction of sp³-hybridized carbons (Fsp3) is 0.619. The number of nitro groups is 1. The molecular weight excluding hydrogens is 404 g/mol. The molecule has 0 aliphatic carbocycles. The van der Waals surface area contributed by atoms with Gasteiger partial charge in [0, 0.05) is 37.8 Å². The fourth-order valence-corrected chi connectivity index (χ4v) is 4.23. The quantitative estimate of drug-likeness (QED) is 0.463. The first-order valence-electron chi connectivity index (χ1n) is 10.7. The van der Waals surface area contributed by atoms with Crippen LogP contribution in [0.5, 0.6) is 5.75 Å². The third kappa shape index (κ3) is 5.50. The Balaban J connectivity index is 1.68. The Morgan fingerprint density at radius 1 is 1.26 bits per heavy atom. The van der Waals surface area contributed by atoms with Crippen molar-refractivity contribution in [3.63, 3.8) is 0 Å². The van der Waals surface area contributed by atoms with Crippen molar-refractivity contribution < 1.29 is 24.0 Å². The van der Waals surface area contributed by atoms with Gasteiger partial charge in [-0.3, -0.25) is 29.5 Å². The molecule has 1 unspecified atom stereocenters. The van der Waals surface area contributed by atoms with E-state index in [9.17, 15) is 19.7 Å². The molecule has 0 spiro atoms. The normalized spacial score (nSPS) is 17.8. The average molecular weight is 434 g/mol. The lowest BCUT2D eigenvalue weighted by Crippen LogP contribution is -2.53. The summed E-state index contributed by atoms with van der Waals surface area (Å²) in [4.78, 5) is 39.3. The zero-order valence-electron chi connectivity index (χ0n) is 18.0. The van der Waals surface area contributed by atoms with E-state index < -0.39 is 10.8 Å². The molecule has 10 heteroatoms. The summed E-state index contributed by atoms with van der Waals surface area (Å²) in [5.74, 6) is 0.0674. The number of nitro benzene ring substituents is 1. The summed E-state index contributed by atoms with van der Waals surface area (Å²) in [6.07, 6.45) is 2.01. The topological polar surface area (TPSA) is 114 Å². The van der Waals surface area contributed by atoms with E-state index in [0.717, 1.165) is 25.9 Å². The Labute approximate surface area is 181 Å². The highest BCUT2D eigenvalue weighted by molar-refractivity contribution is 6.02. The number of anilines is 1. The van der Waals surface area contributed by atoms with E-state index in [1.807, 2.05) is 0 Å². The Morgan fingerprint density at radius 3 is 2.61 bits per heavy atom. The van der Waals surface area contributed by atoms with Crippen molar-refractivity contribution in [2.75, 3.05) is 50.9 Å². The molecule has 1 fully saturated rings. The maximum atomic E-state index is 12.7. The molecule has 1 aromatic carbocycles. The Hall–Kier alpha value is -2.72. The molecular formula is C21H30N4O6. The molecule has 0 aromatic heterocycles. The van der Waals surface area contributed by atoms with Crippen LogP contribution in [0.3, 0.4) is 0 Å². The highest BCUT2D eigenvalue weighted by Crippen LogP contribution is 2.35. The zero-order chi connectivity index (χ0) is 22.4. The van der Waals surface area contributed by atoms with Crippen molar-refractivity contribution in [2.24, 2.45) is 5.92 Å². The monoisotopic (exact) mass is 434 g/mol. The van der Waals surface area contributed by atoms with Crippen LogP contribution in [-0.4, -0.2) is 73.7 Å². The van der Waals surface area contributed by atoms with E-state index in [1.165, 1.54) is 23.1 Å². The lowest BCUT2D eigenvalue weighted by atomic mass is 9.92. The summed E-state index contributed by atoms with van der Waals surface area (Å²) in [6.45, 7) is 7.39. The van der Waals surface area contributed by atoms with Gasteiger partial charge in [-0.2, -0.15) is 0 Å². The van der Waals surface area contributed by atoms with Gasteiger partial charge < -0.3 is 14.8 Å². The van der Waals surface area contributed by atoms with Crippen LogP contribution in [0.25, 0.3) is 0 Å². The van der Waals surface area contributed by atoms with Gasteiger partial charge in [0.1, 0.15) is 12.3 Å². The summed E-state index contributed by atoms with van der Waals surface area (Å²) in [5.41, 5.74) is 0.0777. The summed E-state index contributed by atoms with van der Waals surface area (Å²) >= 11 is 0. The van der Waals surface area contributed by atoms with E-state index >= 15 is 0 Å². The zero-order valence-corrected chi connectivity index (χ0v) is 18.0. The molecule has 2 aliphatic heterocycles. The van der Waals surface area contributed by atoms with Crippen molar-refractivity contribution in [2.45, 2.75) is 32.7 Å². The van der Waals surface area contributed by atoms with Crippen molar-refractivity contribution in [1.82, 2.24) is 10.2 Å². The number of nitrogens with zero attached hydrogens (tertiary/aromatic N) is 3. The van der Waals surface area contributed by atoms with Crippen molar-refractivity contribution >= 4 is 23.2 Å². The number of ether oxygens (including phenoxy) is 2. The van der Waals surface area contributed by atoms with Crippen molar-refractivity contribution in [3.8, 4) is 5.75 Å². The van der Waals surface area contributed by atoms with Crippen LogP contribution in [-0.2, 0) is 14.3 Å². The molecule has 10 nitrogen and oxygen atoms in total. The second kappa shape index (κ2) is 10.5. The van der Waals surface area contributed by atoms with Gasteiger partial charge in [0.05, 0.1) is 23.8 Å². The van der Waals surface area contributed by atoms with Gasteiger partial charge in [-0.05, 0) is 12.0 Å². The van der Waals surface area contributed by atoms with E-state index in [4.69, 9.17) is 9.47 Å². The molecule has 2 amide bonds. The number of morpholine rings is 1. The molecule has 2 aliphatic rings. The standard InChI is InChI=1S/C21H30N4O6/c1-3-15(4-2)18(23-7-9-30-10-8-23)12-22-20(26)13-24-17-11-16(25(28)29)5-6-19(17)31-14-21(24)27/h5-6,11,15,18H,3-4,7-10,12-14H2,1-2H3,(H,22,26). The highest BCUT2D eigenvalue weighted by atomic mass is 16.6. The lowest BCUT2D eigenvalue weighted by Gasteiger charge is -2.39. The van der Waals surface area contributed by atoms with Crippen molar-refractivity contribution in [1.29, 1.82) is 0 Å². The van der Waals surface area contributed by atoms with Crippen LogP contribution < -0.4 is 15.0 Å². The van der Waals surface area contributed by atoms with Crippen LogP contribution in [0.15, 0.2) is 18.2 Å². The largest absolute Gasteiger partial charge is 0.482 e. The number of nitrogens with one attached hydrogen (secondary N) is 1. The molecule has 2 heterocycles. The molecule has 1 N–H and O–H groups in total. The first-order valence-corrected chi connectivity index (χ1v) is 10.7. The van der Waals surface area contributed by atoms with Gasteiger partial charge in [0.25, 0.3) is 11.6 Å². The van der Waals surface area contributed by atoms with Gasteiger partial charge in [0.15, 0.2) is 6.61 Å². The predicted octanol–water partition coefficient (Wildman–Crippen LogP) is 1.57. The van der Waals surface area contributed by atoms with Crippen LogP contribution in [0, 0.1) is 16.0 Å². The summed E-state index contributed by atoms with van der Waals surface area (Å²) in [5, 5.41) is 14.1. The summed E-state index contributed by atoms with van der Waals surface area (Å²) < 4.78 is 10.8. The number of hydrogen-bond acceptors (Lipinski definition) is 7. The van der Waals surface area contributed by atoms with E-state index in [0.29, 0.717) is 31.4 Å². The Morgan fingerprint density at radius 2 is 1.97 bits per heavy atom. The van der Waals surface area contributed by atoms with Gasteiger partial charge in [-0.1, -0.05) is 26.7 Å². The minimum absolute atomic E-state index is 0.163. The van der Waals surface area contributed by atoms with E-state index in [2.05, 4.69) is 24.1 Å². The second-order valence-electron chi connectivity index (χ2n) is 7.77. The molecule has 1 aromatic rings. The molecule has 1 saturated heterocycles. The summed E-state index contributed by atoms with van der Waals surface area (Å²) in [7, 11) is 0. The van der Waals surface area contributed by atoms with Crippen LogP contribution in [0.1, 0.15) is 26.7 Å². The number of hydrogen-bond donors (Lipinski definition) is 1. The third-order valence-corrected chi connectivity index (χ3v) is 6.01. The Kier molecular flexibility index (Phi) is 7.80. The van der Waals surface area contributed by atoms with E-state index in [1.54, 1.807) is 0 Å². The molecule has 0 radical (unpaired) electrons. The van der Waals surface area contributed by atoms with Crippen LogP contribution in [0.4, 0.5) is 11.4 Å². The molecule has 0 bridgehead atoms. The summed E-state index contributed by atoms with van der Waals surface area (Å²) in [6, 6.07) is 4.22. The maximum Gasteiger partial charge on any atom is 0.271 e. The number of carbonyl (C=O) groups is 2. The van der Waals surface area contributed by atoms with Gasteiger partial charge in [-0.25, -0.2) is 0 Å². The predicted molar refractivity (Wildman–Crippen MR) is 114 cm³/mol. The van der Waals surface area contributed by atoms with Crippen LogP contribution in [0.2, 0.25) is 0 Å². The minimum atomic E-state index is -0.541. The number of fused-ring (bicyclic) bond motifs is 1. The van der Waals surface area contributed by atoms with E-state index in [-0.39, 0.29) is 36.5 Å². The maximum absolute atomic E-state index is 12.7. The van der Waals surface area contributed by atoms with Gasteiger partial charge >= 0.3 is 0 Å². The lowest BCUT2D eigenvalue weighted by molar-refractivity contribution is -0.384. The number of non-ortho nitro benzene ring substituents is 1. The van der Waals surface area contributed by atoms with Gasteiger partial charge in [-0.15, -0.1) is 0 Å². The number of carbonyl (C=O) groups excluding carboxylic acids is 2. The van der Waals surface area contributed by atoms with Crippen LogP contribution >= 0.6 is 0 Å². The first kappa shape index (κ1) is 23.0. The fourth-order valence-electron chi connectivity index (χ4n) is 4.23. The average Bonchev–Trinajstić information content (AvgIpc) is 2.78. The van der Waals surface area contributed by atoms with Crippen molar-refractivity contribution in [3.05, 3.63) is 28.3 Å². The van der Waals surface area contributed by atoms with Gasteiger partial charge in [0.2, 0.25) is 5.91 Å². The molecule has 1 atom stereocenters. The molecule has 170 valence electrons. The Bertz CT molecular complexity index is 807. The second-order valence-corrected chi connectivity index (χ2v) is 7.77. The first-order chi connectivity index (χ1) is 14.9.